The van der Waals surface area contributed by atoms with Gasteiger partial charge >= 0.3 is 0 Å². The van der Waals surface area contributed by atoms with Crippen LogP contribution in [0, 0.1) is 0 Å². The lowest BCUT2D eigenvalue weighted by Gasteiger charge is -2.24. The second-order valence-corrected chi connectivity index (χ2v) is 8.81. The second kappa shape index (κ2) is 6.65. The van der Waals surface area contributed by atoms with Crippen LogP contribution in [0.25, 0.3) is 22.7 Å². The van der Waals surface area contributed by atoms with E-state index in [2.05, 4.69) is 85.7 Å². The largest absolute Gasteiger partial charge is 0.320 e. The molecule has 1 aromatic carbocycles. The van der Waals surface area contributed by atoms with Gasteiger partial charge in [-0.2, -0.15) is 0 Å². The zero-order chi connectivity index (χ0) is 19.2. The molecular formula is C24H29N3. The van der Waals surface area contributed by atoms with Crippen LogP contribution in [0.3, 0.4) is 0 Å². The molecule has 0 unspecified atom stereocenters. The molecule has 3 heteroatoms. The van der Waals surface area contributed by atoms with E-state index >= 15 is 0 Å². The Kier molecular flexibility index (Phi) is 4.43. The van der Waals surface area contributed by atoms with Gasteiger partial charge in [-0.05, 0) is 65.9 Å². The number of fused-ring (bicyclic) bond motifs is 3. The molecule has 0 N–H and O–H groups in total. The van der Waals surface area contributed by atoms with E-state index in [-0.39, 0.29) is 5.41 Å². The van der Waals surface area contributed by atoms with Gasteiger partial charge in [-0.25, -0.2) is 0 Å². The van der Waals surface area contributed by atoms with E-state index < -0.39 is 0 Å². The lowest BCUT2D eigenvalue weighted by molar-refractivity contribution is 0.312. The van der Waals surface area contributed by atoms with Crippen LogP contribution >= 0.6 is 0 Å². The minimum Gasteiger partial charge on any atom is -0.320 e. The molecule has 0 atom stereocenters. The van der Waals surface area contributed by atoms with Gasteiger partial charge in [0, 0.05) is 49.2 Å². The van der Waals surface area contributed by atoms with E-state index in [9.17, 15) is 0 Å². The molecule has 140 valence electrons. The summed E-state index contributed by atoms with van der Waals surface area (Å²) < 4.78 is 2.43. The Morgan fingerprint density at radius 1 is 1.11 bits per heavy atom. The lowest BCUT2D eigenvalue weighted by Crippen LogP contribution is -2.26. The number of hydrogen-bond acceptors (Lipinski definition) is 2. The molecular weight excluding hydrogens is 330 g/mol. The summed E-state index contributed by atoms with van der Waals surface area (Å²) in [5.41, 5.74) is 8.31. The smallest absolute Gasteiger partial charge is 0.0529 e. The SMILES string of the molecule is C/C(=C/n1c2c(c3cc(C(C)(C)C)ccc31)CN(C)CC2)c1ccncc1. The van der Waals surface area contributed by atoms with Gasteiger partial charge in [0.25, 0.3) is 0 Å². The molecule has 1 aliphatic rings. The number of allylic oxidation sites excluding steroid dienone is 1. The third kappa shape index (κ3) is 3.32. The minimum atomic E-state index is 0.159. The molecule has 3 aromatic rings. The molecule has 0 radical (unpaired) electrons. The Labute approximate surface area is 162 Å². The van der Waals surface area contributed by atoms with E-state index in [0.29, 0.717) is 0 Å². The monoisotopic (exact) mass is 359 g/mol. The maximum Gasteiger partial charge on any atom is 0.0529 e. The van der Waals surface area contributed by atoms with Gasteiger partial charge in [0.05, 0.1) is 5.52 Å². The summed E-state index contributed by atoms with van der Waals surface area (Å²) in [6, 6.07) is 11.2. The molecule has 0 bridgehead atoms. The van der Waals surface area contributed by atoms with Crippen LogP contribution in [0.15, 0.2) is 42.7 Å². The van der Waals surface area contributed by atoms with Crippen molar-refractivity contribution in [3.8, 4) is 0 Å². The van der Waals surface area contributed by atoms with Crippen molar-refractivity contribution in [2.75, 3.05) is 13.6 Å². The highest BCUT2D eigenvalue weighted by Crippen LogP contribution is 2.35. The Morgan fingerprint density at radius 2 is 1.85 bits per heavy atom. The summed E-state index contributed by atoms with van der Waals surface area (Å²) in [4.78, 5) is 6.57. The van der Waals surface area contributed by atoms with Crippen LogP contribution in [-0.2, 0) is 18.4 Å². The standard InChI is InChI=1S/C24H29N3/c1-17(18-8-11-25-12-9-18)15-27-22-7-6-19(24(2,3)4)14-20(22)21-16-26(5)13-10-23(21)27/h6-9,11-12,14-15H,10,13,16H2,1-5H3/b17-15-. The summed E-state index contributed by atoms with van der Waals surface area (Å²) in [6.45, 7) is 11.2. The zero-order valence-corrected chi connectivity index (χ0v) is 17.1. The van der Waals surface area contributed by atoms with Gasteiger partial charge in [-0.3, -0.25) is 4.98 Å². The van der Waals surface area contributed by atoms with Crippen molar-refractivity contribution in [2.45, 2.75) is 46.1 Å². The first-order valence-electron chi connectivity index (χ1n) is 9.78. The number of nitrogens with zero attached hydrogens (tertiary/aromatic N) is 3. The number of aromatic nitrogens is 2. The average molecular weight is 360 g/mol. The third-order valence-electron chi connectivity index (χ3n) is 5.70. The Bertz CT molecular complexity index is 1000. The summed E-state index contributed by atoms with van der Waals surface area (Å²) in [5.74, 6) is 0. The third-order valence-corrected chi connectivity index (χ3v) is 5.70. The van der Waals surface area contributed by atoms with Crippen LogP contribution < -0.4 is 0 Å². The normalized spacial score (nSPS) is 16.0. The van der Waals surface area contributed by atoms with Gasteiger partial charge in [-0.1, -0.05) is 26.8 Å². The lowest BCUT2D eigenvalue weighted by atomic mass is 9.86. The van der Waals surface area contributed by atoms with Crippen LogP contribution in [0.1, 0.15) is 50.1 Å². The zero-order valence-electron chi connectivity index (χ0n) is 17.1. The van der Waals surface area contributed by atoms with Crippen LogP contribution in [0.2, 0.25) is 0 Å². The number of likely N-dealkylation sites (N-methyl/N-ethyl adjacent to an activating group) is 1. The topological polar surface area (TPSA) is 21.1 Å². The van der Waals surface area contributed by atoms with E-state index in [1.807, 2.05) is 12.4 Å². The molecule has 1 aliphatic heterocycles. The average Bonchev–Trinajstić information content (AvgIpc) is 2.94. The molecule has 3 heterocycles. The molecule has 4 rings (SSSR count). The van der Waals surface area contributed by atoms with Crippen molar-refractivity contribution >= 4 is 22.7 Å². The maximum absolute atomic E-state index is 4.15. The molecule has 0 aliphatic carbocycles. The fraction of sp³-hybridized carbons (Fsp3) is 0.375. The van der Waals surface area contributed by atoms with Crippen molar-refractivity contribution in [3.63, 3.8) is 0 Å². The predicted octanol–water partition coefficient (Wildman–Crippen LogP) is 5.34. The maximum atomic E-state index is 4.15. The summed E-state index contributed by atoms with van der Waals surface area (Å²) in [5, 5.41) is 1.41. The highest BCUT2D eigenvalue weighted by Gasteiger charge is 2.23. The molecule has 0 saturated carbocycles. The highest BCUT2D eigenvalue weighted by atomic mass is 15.1. The Balaban J connectivity index is 1.93. The molecule has 0 spiro atoms. The quantitative estimate of drug-likeness (QED) is 0.616. The van der Waals surface area contributed by atoms with E-state index in [1.165, 1.54) is 38.9 Å². The molecule has 3 nitrogen and oxygen atoms in total. The summed E-state index contributed by atoms with van der Waals surface area (Å²) in [7, 11) is 2.22. The molecule has 2 aromatic heterocycles. The first-order valence-corrected chi connectivity index (χ1v) is 9.78. The summed E-state index contributed by atoms with van der Waals surface area (Å²) in [6.07, 6.45) is 7.12. The molecule has 0 fully saturated rings. The molecule has 0 amide bonds. The number of pyridine rings is 1. The van der Waals surface area contributed by atoms with Gasteiger partial charge in [0.1, 0.15) is 0 Å². The number of rotatable bonds is 2. The molecule has 27 heavy (non-hydrogen) atoms. The van der Waals surface area contributed by atoms with E-state index in [4.69, 9.17) is 0 Å². The first kappa shape index (κ1) is 18.0. The second-order valence-electron chi connectivity index (χ2n) is 8.81. The number of hydrogen-bond donors (Lipinski definition) is 0. The predicted molar refractivity (Wildman–Crippen MR) is 115 cm³/mol. The van der Waals surface area contributed by atoms with Crippen LogP contribution in [0.4, 0.5) is 0 Å². The molecule has 0 saturated heterocycles. The number of benzene rings is 1. The van der Waals surface area contributed by atoms with Crippen molar-refractivity contribution in [2.24, 2.45) is 0 Å². The van der Waals surface area contributed by atoms with E-state index in [1.54, 1.807) is 0 Å². The summed E-state index contributed by atoms with van der Waals surface area (Å²) >= 11 is 0. The van der Waals surface area contributed by atoms with Gasteiger partial charge < -0.3 is 9.47 Å². The van der Waals surface area contributed by atoms with Crippen LogP contribution in [-0.4, -0.2) is 28.0 Å². The van der Waals surface area contributed by atoms with Gasteiger partial charge in [0.15, 0.2) is 0 Å². The van der Waals surface area contributed by atoms with E-state index in [0.717, 1.165) is 19.5 Å². The Hall–Kier alpha value is -2.39. The highest BCUT2D eigenvalue weighted by molar-refractivity contribution is 5.90. The van der Waals surface area contributed by atoms with Gasteiger partial charge in [0.2, 0.25) is 0 Å². The van der Waals surface area contributed by atoms with Crippen molar-refractivity contribution < 1.29 is 0 Å². The first-order chi connectivity index (χ1) is 12.8. The van der Waals surface area contributed by atoms with Crippen LogP contribution in [0.5, 0.6) is 0 Å². The fourth-order valence-electron chi connectivity index (χ4n) is 4.02. The van der Waals surface area contributed by atoms with Crippen molar-refractivity contribution in [3.05, 3.63) is 65.1 Å². The minimum absolute atomic E-state index is 0.159. The van der Waals surface area contributed by atoms with Crippen molar-refractivity contribution in [1.29, 1.82) is 0 Å². The Morgan fingerprint density at radius 3 is 2.56 bits per heavy atom. The van der Waals surface area contributed by atoms with Gasteiger partial charge in [-0.15, -0.1) is 0 Å². The van der Waals surface area contributed by atoms with Crippen molar-refractivity contribution in [1.82, 2.24) is 14.5 Å². The fourth-order valence-corrected chi connectivity index (χ4v) is 4.02.